The van der Waals surface area contributed by atoms with Crippen LogP contribution in [-0.2, 0) is 0 Å². The molecule has 4 N–H and O–H groups in total. The number of aromatic amines is 2. The summed E-state index contributed by atoms with van der Waals surface area (Å²) in [7, 11) is 0. The largest absolute Gasteiger partial charge is 0.508 e. The van der Waals surface area contributed by atoms with Crippen molar-refractivity contribution < 1.29 is 14.6 Å². The van der Waals surface area contributed by atoms with Crippen molar-refractivity contribution in [2.24, 2.45) is 0 Å². The second-order valence-electron chi connectivity index (χ2n) is 5.78. The number of pyridine rings is 1. The van der Waals surface area contributed by atoms with Gasteiger partial charge in [0.2, 0.25) is 11.2 Å². The molecule has 0 fully saturated rings. The minimum atomic E-state index is -0.510. The molecule has 2 aromatic carbocycles. The first-order valence-corrected chi connectivity index (χ1v) is 7.57. The first kappa shape index (κ1) is 13.7. The molecule has 0 radical (unpaired) electrons. The van der Waals surface area contributed by atoms with Crippen LogP contribution in [0.25, 0.3) is 44.2 Å². The Hall–Kier alpha value is -3.74. The maximum absolute atomic E-state index is 11.7. The van der Waals surface area contributed by atoms with Gasteiger partial charge in [-0.05, 0) is 29.8 Å². The number of hydrogen-bond acceptors (Lipinski definition) is 5. The summed E-state index contributed by atoms with van der Waals surface area (Å²) in [4.78, 5) is 16.3. The molecule has 3 aromatic heterocycles. The number of benzene rings is 2. The van der Waals surface area contributed by atoms with Crippen molar-refractivity contribution in [2.45, 2.75) is 0 Å². The van der Waals surface area contributed by atoms with Gasteiger partial charge in [0.25, 0.3) is 0 Å². The molecular formula is C18H11N3O4. The van der Waals surface area contributed by atoms with E-state index in [0.29, 0.717) is 27.7 Å². The lowest BCUT2D eigenvalue weighted by Crippen LogP contribution is -1.95. The topological polar surface area (TPSA) is 115 Å². The molecule has 7 heteroatoms. The van der Waals surface area contributed by atoms with Crippen LogP contribution in [-0.4, -0.2) is 25.4 Å². The molecule has 0 aliphatic rings. The first-order valence-electron chi connectivity index (χ1n) is 7.57. The lowest BCUT2D eigenvalue weighted by molar-refractivity contribution is 0.464. The number of nitrogens with zero attached hydrogens (tertiary/aromatic N) is 1. The monoisotopic (exact) mass is 333 g/mol. The van der Waals surface area contributed by atoms with Gasteiger partial charge in [-0.25, -0.2) is 4.98 Å². The van der Waals surface area contributed by atoms with Crippen LogP contribution in [0.3, 0.4) is 0 Å². The quantitative estimate of drug-likeness (QED) is 0.376. The summed E-state index contributed by atoms with van der Waals surface area (Å²) < 4.78 is 5.85. The molecule has 0 aliphatic carbocycles. The van der Waals surface area contributed by atoms with Gasteiger partial charge in [0.05, 0.1) is 5.39 Å². The Morgan fingerprint density at radius 3 is 2.76 bits per heavy atom. The van der Waals surface area contributed by atoms with E-state index in [1.54, 1.807) is 30.5 Å². The minimum absolute atomic E-state index is 0.105. The zero-order valence-electron chi connectivity index (χ0n) is 12.7. The highest BCUT2D eigenvalue weighted by Crippen LogP contribution is 2.40. The SMILES string of the molecule is O=c1ccc2c(oc3c(-c4cccc(O)c4)c4c[nH][nH]c4nc32)c1O. The number of hydrogen-bond donors (Lipinski definition) is 4. The number of fused-ring (bicyclic) bond motifs is 4. The van der Waals surface area contributed by atoms with Crippen LogP contribution in [0.2, 0.25) is 0 Å². The Morgan fingerprint density at radius 2 is 1.92 bits per heavy atom. The van der Waals surface area contributed by atoms with Crippen molar-refractivity contribution in [2.75, 3.05) is 0 Å². The third-order valence-corrected chi connectivity index (χ3v) is 4.29. The highest BCUT2D eigenvalue weighted by molar-refractivity contribution is 6.15. The zero-order valence-corrected chi connectivity index (χ0v) is 12.7. The molecular weight excluding hydrogens is 322 g/mol. The van der Waals surface area contributed by atoms with Crippen molar-refractivity contribution in [3.05, 3.63) is 52.8 Å². The molecule has 5 rings (SSSR count). The number of aromatic nitrogens is 3. The molecule has 0 atom stereocenters. The fraction of sp³-hybridized carbons (Fsp3) is 0. The van der Waals surface area contributed by atoms with Gasteiger partial charge in [-0.1, -0.05) is 12.1 Å². The summed E-state index contributed by atoms with van der Waals surface area (Å²) in [6.07, 6.45) is 1.74. The second-order valence-corrected chi connectivity index (χ2v) is 5.78. The maximum atomic E-state index is 11.7. The predicted molar refractivity (Wildman–Crippen MR) is 92.8 cm³/mol. The average molecular weight is 333 g/mol. The van der Waals surface area contributed by atoms with E-state index in [-0.39, 0.29) is 11.3 Å². The third-order valence-electron chi connectivity index (χ3n) is 4.29. The lowest BCUT2D eigenvalue weighted by Gasteiger charge is -2.05. The van der Waals surface area contributed by atoms with Crippen molar-refractivity contribution in [1.82, 2.24) is 15.2 Å². The van der Waals surface area contributed by atoms with Gasteiger partial charge in [-0.15, -0.1) is 0 Å². The molecule has 0 spiro atoms. The van der Waals surface area contributed by atoms with E-state index in [1.165, 1.54) is 6.07 Å². The van der Waals surface area contributed by atoms with Crippen LogP contribution in [0.4, 0.5) is 0 Å². The van der Waals surface area contributed by atoms with Crippen LogP contribution in [0.5, 0.6) is 11.5 Å². The molecule has 25 heavy (non-hydrogen) atoms. The molecule has 0 aliphatic heterocycles. The number of furan rings is 1. The van der Waals surface area contributed by atoms with Crippen LogP contribution < -0.4 is 5.43 Å². The van der Waals surface area contributed by atoms with E-state index in [0.717, 1.165) is 10.9 Å². The molecule has 0 saturated heterocycles. The number of H-pyrrole nitrogens is 2. The number of nitrogens with one attached hydrogen (secondary N) is 2. The minimum Gasteiger partial charge on any atom is -0.508 e. The van der Waals surface area contributed by atoms with Gasteiger partial charge in [-0.2, -0.15) is 0 Å². The summed E-state index contributed by atoms with van der Waals surface area (Å²) in [5, 5.41) is 27.1. The Balaban J connectivity index is 2.04. The third kappa shape index (κ3) is 1.80. The van der Waals surface area contributed by atoms with Crippen molar-refractivity contribution in [1.29, 1.82) is 0 Å². The van der Waals surface area contributed by atoms with Crippen LogP contribution >= 0.6 is 0 Å². The van der Waals surface area contributed by atoms with Crippen molar-refractivity contribution in [3.8, 4) is 22.6 Å². The standard InChI is InChI=1S/C18H11N3O4/c22-9-3-1-2-8(6-9)13-11-7-19-21-18(11)20-14-10-4-5-12(23)15(24)16(10)25-17(13)14/h1-7,22,24H,(H2,19,20,21). The number of phenols is 2. The van der Waals surface area contributed by atoms with Gasteiger partial charge in [-0.3, -0.25) is 9.89 Å². The second kappa shape index (κ2) is 4.64. The van der Waals surface area contributed by atoms with Crippen LogP contribution in [0, 0.1) is 0 Å². The smallest absolute Gasteiger partial charge is 0.224 e. The van der Waals surface area contributed by atoms with E-state index in [9.17, 15) is 15.0 Å². The fourth-order valence-electron chi connectivity index (χ4n) is 3.17. The average Bonchev–Trinajstić information content (AvgIpc) is 3.20. The molecule has 5 aromatic rings. The Labute approximate surface area is 139 Å². The Bertz CT molecular complexity index is 1340. The highest BCUT2D eigenvalue weighted by Gasteiger charge is 2.21. The molecule has 0 amide bonds. The lowest BCUT2D eigenvalue weighted by atomic mass is 10.0. The van der Waals surface area contributed by atoms with Gasteiger partial charge in [0.15, 0.2) is 16.8 Å². The summed E-state index contributed by atoms with van der Waals surface area (Å²) in [5.41, 5.74) is 2.58. The molecule has 122 valence electrons. The van der Waals surface area contributed by atoms with Crippen LogP contribution in [0.15, 0.2) is 51.8 Å². The van der Waals surface area contributed by atoms with Gasteiger partial charge in [0.1, 0.15) is 11.3 Å². The van der Waals surface area contributed by atoms with Crippen molar-refractivity contribution in [3.63, 3.8) is 0 Å². The molecule has 7 nitrogen and oxygen atoms in total. The summed E-state index contributed by atoms with van der Waals surface area (Å²) >= 11 is 0. The van der Waals surface area contributed by atoms with E-state index >= 15 is 0 Å². The molecule has 0 unspecified atom stereocenters. The van der Waals surface area contributed by atoms with Crippen LogP contribution in [0.1, 0.15) is 0 Å². The molecule has 0 bridgehead atoms. The Morgan fingerprint density at radius 1 is 1.04 bits per heavy atom. The van der Waals surface area contributed by atoms with E-state index < -0.39 is 11.2 Å². The van der Waals surface area contributed by atoms with E-state index in [2.05, 4.69) is 15.2 Å². The maximum Gasteiger partial charge on any atom is 0.224 e. The molecule has 3 heterocycles. The van der Waals surface area contributed by atoms with Crippen molar-refractivity contribution >= 4 is 33.1 Å². The fourth-order valence-corrected chi connectivity index (χ4v) is 3.17. The summed E-state index contributed by atoms with van der Waals surface area (Å²) in [6.45, 7) is 0. The molecule has 0 saturated carbocycles. The van der Waals surface area contributed by atoms with Gasteiger partial charge >= 0.3 is 0 Å². The van der Waals surface area contributed by atoms with Gasteiger partial charge < -0.3 is 19.7 Å². The highest BCUT2D eigenvalue weighted by atomic mass is 16.4. The number of rotatable bonds is 1. The summed E-state index contributed by atoms with van der Waals surface area (Å²) in [6, 6.07) is 9.64. The Kier molecular flexibility index (Phi) is 2.54. The predicted octanol–water partition coefficient (Wildman–Crippen LogP) is 3.23. The first-order chi connectivity index (χ1) is 12.1. The van der Waals surface area contributed by atoms with E-state index in [1.807, 2.05) is 6.07 Å². The zero-order chi connectivity index (χ0) is 17.1. The number of aromatic hydroxyl groups is 2. The normalized spacial score (nSPS) is 11.7. The summed E-state index contributed by atoms with van der Waals surface area (Å²) in [5.74, 6) is -0.316. The number of phenolic OH excluding ortho intramolecular Hbond substituents is 2. The van der Waals surface area contributed by atoms with Gasteiger partial charge in [0, 0.05) is 17.1 Å². The van der Waals surface area contributed by atoms with E-state index in [4.69, 9.17) is 4.42 Å².